The van der Waals surface area contributed by atoms with Crippen molar-refractivity contribution in [2.24, 2.45) is 0 Å². The molecule has 26 heavy (non-hydrogen) atoms. The van der Waals surface area contributed by atoms with Gasteiger partial charge in [-0.1, -0.05) is 60.1 Å². The topological polar surface area (TPSA) is 39.3 Å². The van der Waals surface area contributed by atoms with Crippen molar-refractivity contribution >= 4 is 38.9 Å². The second-order valence-electron chi connectivity index (χ2n) is 6.29. The predicted molar refractivity (Wildman–Crippen MR) is 105 cm³/mol. The van der Waals surface area contributed by atoms with Crippen molar-refractivity contribution in [3.63, 3.8) is 0 Å². The van der Waals surface area contributed by atoms with Gasteiger partial charge >= 0.3 is 5.69 Å². The highest BCUT2D eigenvalue weighted by Crippen LogP contribution is 2.28. The van der Waals surface area contributed by atoms with Crippen molar-refractivity contribution in [3.8, 4) is 0 Å². The van der Waals surface area contributed by atoms with Gasteiger partial charge in [-0.25, -0.2) is 4.79 Å². The fourth-order valence-electron chi connectivity index (χ4n) is 3.50. The lowest BCUT2D eigenvalue weighted by atomic mass is 10.1. The summed E-state index contributed by atoms with van der Waals surface area (Å²) in [6.45, 7) is 0.476. The molecule has 126 valence electrons. The van der Waals surface area contributed by atoms with Crippen LogP contribution < -0.4 is 5.69 Å². The van der Waals surface area contributed by atoms with Crippen LogP contribution in [0.25, 0.3) is 27.3 Å². The Morgan fingerprint density at radius 3 is 2.50 bits per heavy atom. The van der Waals surface area contributed by atoms with E-state index in [0.29, 0.717) is 11.6 Å². The molecule has 0 atom stereocenters. The normalized spacial score (nSPS) is 11.6. The fraction of sp³-hybridized carbons (Fsp3) is 0.0476. The predicted octanol–water partition coefficient (Wildman–Crippen LogP) is 4.50. The Balaban J connectivity index is 1.94. The summed E-state index contributed by atoms with van der Waals surface area (Å²) in [5, 5.41) is 7.04. The molecule has 3 aromatic carbocycles. The van der Waals surface area contributed by atoms with Crippen LogP contribution in [-0.2, 0) is 6.54 Å². The van der Waals surface area contributed by atoms with Crippen molar-refractivity contribution in [1.82, 2.24) is 14.2 Å². The van der Waals surface area contributed by atoms with E-state index in [2.05, 4.69) is 5.10 Å². The summed E-state index contributed by atoms with van der Waals surface area (Å²) >= 11 is 6.27. The van der Waals surface area contributed by atoms with Gasteiger partial charge in [-0.2, -0.15) is 9.61 Å². The van der Waals surface area contributed by atoms with E-state index in [0.717, 1.165) is 32.9 Å². The maximum atomic E-state index is 13.2. The van der Waals surface area contributed by atoms with E-state index in [1.807, 2.05) is 72.8 Å². The Morgan fingerprint density at radius 2 is 1.65 bits per heavy atom. The summed E-state index contributed by atoms with van der Waals surface area (Å²) in [5.41, 5.74) is 3.34. The van der Waals surface area contributed by atoms with Crippen molar-refractivity contribution in [2.45, 2.75) is 6.54 Å². The van der Waals surface area contributed by atoms with E-state index in [9.17, 15) is 4.79 Å². The zero-order valence-corrected chi connectivity index (χ0v) is 14.5. The molecule has 0 radical (unpaired) electrons. The monoisotopic (exact) mass is 359 g/mol. The minimum atomic E-state index is -0.158. The summed E-state index contributed by atoms with van der Waals surface area (Å²) in [4.78, 5) is 13.2. The second-order valence-corrected chi connectivity index (χ2v) is 6.73. The van der Waals surface area contributed by atoms with Crippen LogP contribution in [0.2, 0.25) is 5.02 Å². The molecule has 0 fully saturated rings. The largest absolute Gasteiger partial charge is 0.350 e. The molecule has 2 heterocycles. The van der Waals surface area contributed by atoms with Gasteiger partial charge in [-0.3, -0.25) is 4.57 Å². The average Bonchev–Trinajstić information content (AvgIpc) is 3.06. The van der Waals surface area contributed by atoms with E-state index in [-0.39, 0.29) is 5.69 Å². The van der Waals surface area contributed by atoms with Gasteiger partial charge < -0.3 is 0 Å². The molecule has 0 aliphatic rings. The molecule has 4 nitrogen and oxygen atoms in total. The first-order valence-electron chi connectivity index (χ1n) is 8.36. The second kappa shape index (κ2) is 5.71. The van der Waals surface area contributed by atoms with E-state index >= 15 is 0 Å². The van der Waals surface area contributed by atoms with Crippen molar-refractivity contribution in [2.75, 3.05) is 0 Å². The molecule has 5 aromatic rings. The maximum Gasteiger partial charge on any atom is 0.350 e. The van der Waals surface area contributed by atoms with Crippen LogP contribution in [0.3, 0.4) is 0 Å². The molecule has 2 aromatic heterocycles. The van der Waals surface area contributed by atoms with Crippen LogP contribution >= 0.6 is 11.6 Å². The van der Waals surface area contributed by atoms with Crippen LogP contribution in [0.1, 0.15) is 5.56 Å². The Hall–Kier alpha value is -3.11. The Labute approximate surface area is 153 Å². The van der Waals surface area contributed by atoms with Crippen LogP contribution in [-0.4, -0.2) is 14.2 Å². The molecule has 0 saturated heterocycles. The summed E-state index contributed by atoms with van der Waals surface area (Å²) < 4.78 is 3.24. The number of aromatic nitrogens is 3. The van der Waals surface area contributed by atoms with Gasteiger partial charge in [0.2, 0.25) is 0 Å². The number of halogens is 1. The van der Waals surface area contributed by atoms with Gasteiger partial charge in [-0.05, 0) is 29.8 Å². The van der Waals surface area contributed by atoms with Gasteiger partial charge in [0.25, 0.3) is 0 Å². The van der Waals surface area contributed by atoms with E-state index in [1.54, 1.807) is 4.57 Å². The Kier molecular flexibility index (Phi) is 3.33. The van der Waals surface area contributed by atoms with E-state index in [4.69, 9.17) is 11.6 Å². The van der Waals surface area contributed by atoms with Crippen molar-refractivity contribution in [1.29, 1.82) is 0 Å². The third-order valence-corrected chi connectivity index (χ3v) is 4.91. The zero-order chi connectivity index (χ0) is 17.7. The minimum absolute atomic E-state index is 0.158. The first-order chi connectivity index (χ1) is 12.7. The number of benzene rings is 3. The standard InChI is InChI=1S/C21H14ClN3O/c22-15-10-11-19-17(12-15)20-16-8-4-5-9-18(16)23-25(20)21(26)24(19)13-14-6-2-1-3-7-14/h1-12H,13H2. The number of nitrogens with zero attached hydrogens (tertiary/aromatic N) is 3. The molecular weight excluding hydrogens is 346 g/mol. The quantitative estimate of drug-likeness (QED) is 0.465. The number of fused-ring (bicyclic) bond motifs is 5. The number of hydrogen-bond donors (Lipinski definition) is 0. The molecular formula is C21H14ClN3O. The molecule has 0 N–H and O–H groups in total. The Bertz CT molecular complexity index is 1340. The summed E-state index contributed by atoms with van der Waals surface area (Å²) in [6, 6.07) is 23.3. The molecule has 0 aliphatic heterocycles. The van der Waals surface area contributed by atoms with Crippen LogP contribution in [0.4, 0.5) is 0 Å². The molecule has 5 heteroatoms. The van der Waals surface area contributed by atoms with Gasteiger partial charge in [-0.15, -0.1) is 0 Å². The Morgan fingerprint density at radius 1 is 0.885 bits per heavy atom. The van der Waals surface area contributed by atoms with E-state index in [1.165, 1.54) is 4.52 Å². The molecule has 0 bridgehead atoms. The van der Waals surface area contributed by atoms with Crippen molar-refractivity contribution in [3.05, 3.63) is 93.9 Å². The zero-order valence-electron chi connectivity index (χ0n) is 13.8. The van der Waals surface area contributed by atoms with Crippen LogP contribution in [0.5, 0.6) is 0 Å². The minimum Gasteiger partial charge on any atom is -0.287 e. The number of hydrogen-bond acceptors (Lipinski definition) is 2. The lowest BCUT2D eigenvalue weighted by Crippen LogP contribution is -2.28. The molecule has 0 saturated carbocycles. The highest BCUT2D eigenvalue weighted by molar-refractivity contribution is 6.31. The molecule has 0 unspecified atom stereocenters. The third-order valence-electron chi connectivity index (χ3n) is 4.68. The van der Waals surface area contributed by atoms with E-state index < -0.39 is 0 Å². The highest BCUT2D eigenvalue weighted by Gasteiger charge is 2.16. The van der Waals surface area contributed by atoms with Gasteiger partial charge in [0.15, 0.2) is 0 Å². The lowest BCUT2D eigenvalue weighted by Gasteiger charge is -2.12. The average molecular weight is 360 g/mol. The fourth-order valence-corrected chi connectivity index (χ4v) is 3.67. The molecule has 0 spiro atoms. The molecule has 5 rings (SSSR count). The van der Waals surface area contributed by atoms with Gasteiger partial charge in [0.1, 0.15) is 0 Å². The van der Waals surface area contributed by atoms with Gasteiger partial charge in [0, 0.05) is 15.8 Å². The third kappa shape index (κ3) is 2.23. The van der Waals surface area contributed by atoms with Gasteiger partial charge in [0.05, 0.1) is 23.1 Å². The summed E-state index contributed by atoms with van der Waals surface area (Å²) in [5.74, 6) is 0. The molecule has 0 amide bonds. The lowest BCUT2D eigenvalue weighted by molar-refractivity contribution is 0.719. The molecule has 0 aliphatic carbocycles. The maximum absolute atomic E-state index is 13.2. The SMILES string of the molecule is O=c1n(Cc2ccccc2)c2ccc(Cl)cc2c2c3ccccc3nn12. The highest BCUT2D eigenvalue weighted by atomic mass is 35.5. The van der Waals surface area contributed by atoms with Crippen molar-refractivity contribution < 1.29 is 0 Å². The summed E-state index contributed by atoms with van der Waals surface area (Å²) in [6.07, 6.45) is 0. The first-order valence-corrected chi connectivity index (χ1v) is 8.73. The van der Waals surface area contributed by atoms with Crippen LogP contribution in [0, 0.1) is 0 Å². The smallest absolute Gasteiger partial charge is 0.287 e. The van der Waals surface area contributed by atoms with Crippen LogP contribution in [0.15, 0.2) is 77.6 Å². The summed E-state index contributed by atoms with van der Waals surface area (Å²) in [7, 11) is 0. The first kappa shape index (κ1) is 15.2. The number of rotatable bonds is 2.